The van der Waals surface area contributed by atoms with Gasteiger partial charge in [0.2, 0.25) is 0 Å². The number of rotatable bonds is 4. The Bertz CT molecular complexity index is 570. The van der Waals surface area contributed by atoms with Crippen LogP contribution in [0.15, 0.2) is 29.2 Å². The van der Waals surface area contributed by atoms with Crippen LogP contribution in [-0.4, -0.2) is 28.2 Å². The van der Waals surface area contributed by atoms with Gasteiger partial charge in [-0.15, -0.1) is 0 Å². The molecule has 20 heavy (non-hydrogen) atoms. The quantitative estimate of drug-likeness (QED) is 0.801. The van der Waals surface area contributed by atoms with Crippen LogP contribution < -0.4 is 0 Å². The molecule has 0 radical (unpaired) electrons. The van der Waals surface area contributed by atoms with Crippen molar-refractivity contribution >= 4 is 10.1 Å². The summed E-state index contributed by atoms with van der Waals surface area (Å²) in [4.78, 5) is 0.234. The summed E-state index contributed by atoms with van der Waals surface area (Å²) in [5.74, 6) is 0.322. The van der Waals surface area contributed by atoms with Crippen LogP contribution in [0.25, 0.3) is 0 Å². The molecule has 1 aliphatic heterocycles. The van der Waals surface area contributed by atoms with E-state index >= 15 is 0 Å². The molecule has 2 unspecified atom stereocenters. The Hall–Kier alpha value is -0.910. The lowest BCUT2D eigenvalue weighted by atomic mass is 9.96. The Labute approximate surface area is 120 Å². The van der Waals surface area contributed by atoms with Gasteiger partial charge in [-0.25, -0.2) is 0 Å². The van der Waals surface area contributed by atoms with Crippen molar-refractivity contribution in [2.45, 2.75) is 31.1 Å². The second-order valence-electron chi connectivity index (χ2n) is 5.97. The van der Waals surface area contributed by atoms with Gasteiger partial charge in [0.05, 0.1) is 18.1 Å². The third kappa shape index (κ3) is 2.75. The minimum Gasteiger partial charge on any atom is -0.381 e. The van der Waals surface area contributed by atoms with Crippen LogP contribution in [0.2, 0.25) is 0 Å². The van der Waals surface area contributed by atoms with E-state index in [1.54, 1.807) is 24.3 Å². The first kappa shape index (κ1) is 14.0. The van der Waals surface area contributed by atoms with Crippen molar-refractivity contribution in [1.29, 1.82) is 0 Å². The van der Waals surface area contributed by atoms with Gasteiger partial charge in [-0.1, -0.05) is 17.7 Å². The number of aryl methyl sites for hydroxylation is 1. The van der Waals surface area contributed by atoms with E-state index in [0.717, 1.165) is 38.0 Å². The van der Waals surface area contributed by atoms with E-state index in [4.69, 9.17) is 8.92 Å². The van der Waals surface area contributed by atoms with Gasteiger partial charge in [-0.3, -0.25) is 4.18 Å². The molecule has 4 nitrogen and oxygen atoms in total. The fourth-order valence-corrected chi connectivity index (χ4v) is 3.92. The summed E-state index contributed by atoms with van der Waals surface area (Å²) < 4.78 is 34.9. The topological polar surface area (TPSA) is 52.6 Å². The molecule has 1 aromatic rings. The monoisotopic (exact) mass is 296 g/mol. The van der Waals surface area contributed by atoms with Gasteiger partial charge >= 0.3 is 0 Å². The third-order valence-electron chi connectivity index (χ3n) is 4.45. The summed E-state index contributed by atoms with van der Waals surface area (Å²) in [6, 6.07) is 6.75. The summed E-state index contributed by atoms with van der Waals surface area (Å²) >= 11 is 0. The van der Waals surface area contributed by atoms with E-state index in [0.29, 0.717) is 5.92 Å². The van der Waals surface area contributed by atoms with Gasteiger partial charge < -0.3 is 4.74 Å². The highest BCUT2D eigenvalue weighted by Crippen LogP contribution is 2.57. The zero-order chi connectivity index (χ0) is 14.2. The van der Waals surface area contributed by atoms with Crippen molar-refractivity contribution in [3.05, 3.63) is 29.8 Å². The van der Waals surface area contributed by atoms with Gasteiger partial charge in [0, 0.05) is 6.61 Å². The van der Waals surface area contributed by atoms with E-state index in [2.05, 4.69) is 0 Å². The molecular weight excluding hydrogens is 276 g/mol. The molecule has 110 valence electrons. The zero-order valence-corrected chi connectivity index (χ0v) is 12.5. The lowest BCUT2D eigenvalue weighted by Gasteiger charge is -2.22. The number of ether oxygens (including phenoxy) is 1. The van der Waals surface area contributed by atoms with Gasteiger partial charge in [-0.2, -0.15) is 8.42 Å². The van der Waals surface area contributed by atoms with Crippen LogP contribution in [0, 0.1) is 18.3 Å². The molecule has 0 bridgehead atoms. The highest BCUT2D eigenvalue weighted by atomic mass is 32.2. The Morgan fingerprint density at radius 3 is 2.75 bits per heavy atom. The average molecular weight is 296 g/mol. The summed E-state index contributed by atoms with van der Waals surface area (Å²) in [5.41, 5.74) is 1.23. The maximum Gasteiger partial charge on any atom is 0.296 e. The molecule has 5 heteroatoms. The van der Waals surface area contributed by atoms with Crippen molar-refractivity contribution in [2.75, 3.05) is 19.8 Å². The molecule has 1 saturated carbocycles. The fourth-order valence-electron chi connectivity index (χ4n) is 2.97. The summed E-state index contributed by atoms with van der Waals surface area (Å²) in [6.45, 7) is 3.79. The molecular formula is C15H20O4S. The predicted molar refractivity (Wildman–Crippen MR) is 74.9 cm³/mol. The molecule has 1 aromatic carbocycles. The molecule has 2 atom stereocenters. The highest BCUT2D eigenvalue weighted by Gasteiger charge is 2.55. The highest BCUT2D eigenvalue weighted by molar-refractivity contribution is 7.86. The number of hydrogen-bond donors (Lipinski definition) is 0. The average Bonchev–Trinajstić information content (AvgIpc) is 3.10. The Morgan fingerprint density at radius 1 is 1.35 bits per heavy atom. The van der Waals surface area contributed by atoms with Gasteiger partial charge in [0.1, 0.15) is 0 Å². The van der Waals surface area contributed by atoms with Crippen LogP contribution in [0.1, 0.15) is 24.8 Å². The lowest BCUT2D eigenvalue weighted by molar-refractivity contribution is 0.0327. The molecule has 0 aromatic heterocycles. The van der Waals surface area contributed by atoms with Crippen LogP contribution in [0.3, 0.4) is 0 Å². The first-order chi connectivity index (χ1) is 9.52. The standard InChI is InChI=1S/C15H20O4S/c1-12-3-5-14(6-4-12)20(16,17)19-10-13-9-15(13)7-2-8-18-11-15/h3-6,13H,2,7-11H2,1H3. The van der Waals surface area contributed by atoms with Crippen molar-refractivity contribution in [3.63, 3.8) is 0 Å². The van der Waals surface area contributed by atoms with Crippen LogP contribution in [0.4, 0.5) is 0 Å². The first-order valence-corrected chi connectivity index (χ1v) is 8.47. The van der Waals surface area contributed by atoms with Crippen molar-refractivity contribution in [3.8, 4) is 0 Å². The van der Waals surface area contributed by atoms with Gasteiger partial charge in [-0.05, 0) is 49.7 Å². The smallest absolute Gasteiger partial charge is 0.296 e. The molecule has 1 saturated heterocycles. The number of hydrogen-bond acceptors (Lipinski definition) is 4. The minimum absolute atomic E-state index is 0.195. The zero-order valence-electron chi connectivity index (χ0n) is 11.7. The second-order valence-corrected chi connectivity index (χ2v) is 7.59. The summed E-state index contributed by atoms with van der Waals surface area (Å²) in [6.07, 6.45) is 3.23. The van der Waals surface area contributed by atoms with E-state index < -0.39 is 10.1 Å². The van der Waals surface area contributed by atoms with Crippen molar-refractivity contribution in [2.24, 2.45) is 11.3 Å². The van der Waals surface area contributed by atoms with Crippen LogP contribution in [-0.2, 0) is 19.0 Å². The predicted octanol–water partition coefficient (Wildman–Crippen LogP) is 2.52. The molecule has 2 fully saturated rings. The van der Waals surface area contributed by atoms with E-state index in [1.807, 2.05) is 6.92 Å². The summed E-state index contributed by atoms with van der Waals surface area (Å²) in [5, 5.41) is 0. The molecule has 0 amide bonds. The van der Waals surface area contributed by atoms with Crippen LogP contribution in [0.5, 0.6) is 0 Å². The molecule has 2 aliphatic rings. The fraction of sp³-hybridized carbons (Fsp3) is 0.600. The Balaban J connectivity index is 1.59. The molecule has 0 N–H and O–H groups in total. The second kappa shape index (κ2) is 5.13. The van der Waals surface area contributed by atoms with Gasteiger partial charge in [0.25, 0.3) is 10.1 Å². The maximum atomic E-state index is 12.1. The first-order valence-electron chi connectivity index (χ1n) is 7.06. The Kier molecular flexibility index (Phi) is 3.60. The van der Waals surface area contributed by atoms with E-state index in [1.165, 1.54) is 0 Å². The Morgan fingerprint density at radius 2 is 2.10 bits per heavy atom. The summed E-state index contributed by atoms with van der Waals surface area (Å²) in [7, 11) is -3.63. The molecule has 1 spiro atoms. The lowest BCUT2D eigenvalue weighted by Crippen LogP contribution is -2.22. The largest absolute Gasteiger partial charge is 0.381 e. The van der Waals surface area contributed by atoms with Crippen molar-refractivity contribution in [1.82, 2.24) is 0 Å². The normalized spacial score (nSPS) is 29.6. The van der Waals surface area contributed by atoms with Crippen LogP contribution >= 0.6 is 0 Å². The maximum absolute atomic E-state index is 12.1. The third-order valence-corrected chi connectivity index (χ3v) is 5.74. The number of benzene rings is 1. The van der Waals surface area contributed by atoms with E-state index in [9.17, 15) is 8.42 Å². The molecule has 3 rings (SSSR count). The molecule has 1 aliphatic carbocycles. The molecule has 1 heterocycles. The van der Waals surface area contributed by atoms with E-state index in [-0.39, 0.29) is 16.9 Å². The SMILES string of the molecule is Cc1ccc(S(=O)(=O)OCC2CC23CCCOC3)cc1. The van der Waals surface area contributed by atoms with Crippen molar-refractivity contribution < 1.29 is 17.3 Å². The minimum atomic E-state index is -3.63. The van der Waals surface area contributed by atoms with Gasteiger partial charge in [0.15, 0.2) is 0 Å².